The van der Waals surface area contributed by atoms with Crippen molar-refractivity contribution in [2.45, 2.75) is 43.9 Å². The molecule has 5 N–H and O–H groups in total. The highest BCUT2D eigenvalue weighted by molar-refractivity contribution is 7.98. The SMILES string of the molecule is CN[C@@H](CC(=O)O)C(=O)N[C@@H](CSC)C(=O)N[C@@H](Cc1ccccc1)C(=O)N[C@@H](CSC)C(C)=O. The Hall–Kier alpha value is -2.57. The predicted octanol–water partition coefficient (Wildman–Crippen LogP) is 0.0612. The highest BCUT2D eigenvalue weighted by Gasteiger charge is 2.30. The number of amides is 3. The van der Waals surface area contributed by atoms with Gasteiger partial charge in [0.1, 0.15) is 12.1 Å². The van der Waals surface area contributed by atoms with Gasteiger partial charge in [-0.2, -0.15) is 23.5 Å². The summed E-state index contributed by atoms with van der Waals surface area (Å²) in [6.07, 6.45) is 3.31. The zero-order chi connectivity index (χ0) is 26.4. The van der Waals surface area contributed by atoms with Gasteiger partial charge in [-0.3, -0.25) is 24.0 Å². The summed E-state index contributed by atoms with van der Waals surface area (Å²) in [5.41, 5.74) is 0.805. The second-order valence-electron chi connectivity index (χ2n) is 7.83. The topological polar surface area (TPSA) is 154 Å². The number of carboxylic acid groups (broad SMARTS) is 1. The van der Waals surface area contributed by atoms with E-state index in [1.165, 1.54) is 37.5 Å². The monoisotopic (exact) mass is 526 g/mol. The number of hydrogen-bond acceptors (Lipinski definition) is 8. The standard InChI is InChI=1S/C23H34N4O6S2/c1-14(28)18(12-34-3)26-22(32)17(10-15-8-6-5-7-9-15)25-23(33)19(13-35-4)27-21(31)16(24-2)11-20(29)30/h5-9,16-19,24H,10-13H2,1-4H3,(H,25,33)(H,26,32)(H,27,31)(H,29,30)/t16-,17-,18-,19-/m0/s1. The lowest BCUT2D eigenvalue weighted by Gasteiger charge is -2.25. The number of aliphatic carboxylic acids is 1. The molecule has 0 aliphatic heterocycles. The van der Waals surface area contributed by atoms with Gasteiger partial charge in [0.25, 0.3) is 0 Å². The van der Waals surface area contributed by atoms with Crippen LogP contribution in [-0.2, 0) is 30.4 Å². The summed E-state index contributed by atoms with van der Waals surface area (Å²) in [6.45, 7) is 1.39. The van der Waals surface area contributed by atoms with E-state index in [-0.39, 0.29) is 18.0 Å². The third kappa shape index (κ3) is 11.1. The molecule has 0 aromatic heterocycles. The minimum atomic E-state index is -1.16. The zero-order valence-corrected chi connectivity index (χ0v) is 22.0. The van der Waals surface area contributed by atoms with E-state index < -0.39 is 54.3 Å². The maximum Gasteiger partial charge on any atom is 0.305 e. The van der Waals surface area contributed by atoms with Crippen molar-refractivity contribution in [1.82, 2.24) is 21.3 Å². The molecule has 0 heterocycles. The van der Waals surface area contributed by atoms with Crippen LogP contribution in [0.25, 0.3) is 0 Å². The summed E-state index contributed by atoms with van der Waals surface area (Å²) in [7, 11) is 1.46. The van der Waals surface area contributed by atoms with Crippen molar-refractivity contribution in [3.63, 3.8) is 0 Å². The Morgan fingerprint density at radius 3 is 1.80 bits per heavy atom. The second-order valence-corrected chi connectivity index (χ2v) is 9.66. The molecule has 194 valence electrons. The highest BCUT2D eigenvalue weighted by Crippen LogP contribution is 2.07. The Morgan fingerprint density at radius 1 is 0.800 bits per heavy atom. The van der Waals surface area contributed by atoms with Crippen molar-refractivity contribution in [3.05, 3.63) is 35.9 Å². The Labute approximate surface area is 214 Å². The molecule has 12 heteroatoms. The molecule has 0 saturated heterocycles. The van der Waals surface area contributed by atoms with Crippen molar-refractivity contribution < 1.29 is 29.1 Å². The number of carboxylic acids is 1. The molecule has 1 aromatic carbocycles. The summed E-state index contributed by atoms with van der Waals surface area (Å²) in [4.78, 5) is 61.7. The number of benzene rings is 1. The largest absolute Gasteiger partial charge is 0.481 e. The van der Waals surface area contributed by atoms with Crippen LogP contribution in [0.1, 0.15) is 18.9 Å². The molecule has 10 nitrogen and oxygen atoms in total. The third-order valence-corrected chi connectivity index (χ3v) is 6.40. The number of rotatable bonds is 16. The smallest absolute Gasteiger partial charge is 0.305 e. The van der Waals surface area contributed by atoms with Gasteiger partial charge in [0, 0.05) is 17.9 Å². The fraction of sp³-hybridized carbons (Fsp3) is 0.522. The van der Waals surface area contributed by atoms with Gasteiger partial charge in [-0.1, -0.05) is 30.3 Å². The molecule has 4 atom stereocenters. The number of carbonyl (C=O) groups excluding carboxylic acids is 4. The predicted molar refractivity (Wildman–Crippen MR) is 138 cm³/mol. The molecule has 0 saturated carbocycles. The molecule has 0 bridgehead atoms. The number of hydrogen-bond donors (Lipinski definition) is 5. The number of nitrogens with one attached hydrogen (secondary N) is 4. The first kappa shape index (κ1) is 30.5. The molecular formula is C23H34N4O6S2. The minimum absolute atomic E-state index is 0.181. The van der Waals surface area contributed by atoms with Crippen LogP contribution in [0, 0.1) is 0 Å². The molecule has 3 amide bonds. The van der Waals surface area contributed by atoms with E-state index in [4.69, 9.17) is 5.11 Å². The van der Waals surface area contributed by atoms with Gasteiger partial charge in [0.15, 0.2) is 5.78 Å². The van der Waals surface area contributed by atoms with E-state index in [1.54, 1.807) is 6.26 Å². The van der Waals surface area contributed by atoms with Gasteiger partial charge < -0.3 is 26.4 Å². The Bertz CT molecular complexity index is 871. The van der Waals surface area contributed by atoms with E-state index in [0.29, 0.717) is 5.75 Å². The van der Waals surface area contributed by atoms with E-state index in [1.807, 2.05) is 36.6 Å². The molecule has 1 aromatic rings. The lowest BCUT2D eigenvalue weighted by atomic mass is 10.0. The maximum atomic E-state index is 13.1. The van der Waals surface area contributed by atoms with Gasteiger partial charge in [-0.15, -0.1) is 0 Å². The quantitative estimate of drug-likeness (QED) is 0.201. The molecule has 0 spiro atoms. The van der Waals surface area contributed by atoms with Gasteiger partial charge >= 0.3 is 5.97 Å². The van der Waals surface area contributed by atoms with Crippen molar-refractivity contribution in [3.8, 4) is 0 Å². The van der Waals surface area contributed by atoms with Crippen LogP contribution in [0.15, 0.2) is 30.3 Å². The molecule has 0 aliphatic carbocycles. The van der Waals surface area contributed by atoms with Crippen LogP contribution in [0.5, 0.6) is 0 Å². The fourth-order valence-electron chi connectivity index (χ4n) is 3.15. The average molecular weight is 527 g/mol. The third-order valence-electron chi connectivity index (χ3n) is 5.07. The van der Waals surface area contributed by atoms with Crippen molar-refractivity contribution in [2.75, 3.05) is 31.1 Å². The maximum absolute atomic E-state index is 13.1. The molecule has 0 unspecified atom stereocenters. The Kier molecular flexibility index (Phi) is 14.1. The Balaban J connectivity index is 3.07. The summed E-state index contributed by atoms with van der Waals surface area (Å²) in [5, 5.41) is 19.6. The van der Waals surface area contributed by atoms with Crippen LogP contribution in [0.4, 0.5) is 0 Å². The fourth-order valence-corrected chi connectivity index (χ4v) is 4.37. The van der Waals surface area contributed by atoms with Crippen LogP contribution >= 0.6 is 23.5 Å². The van der Waals surface area contributed by atoms with E-state index in [9.17, 15) is 24.0 Å². The first-order valence-electron chi connectivity index (χ1n) is 10.9. The molecule has 0 fully saturated rings. The Morgan fingerprint density at radius 2 is 1.29 bits per heavy atom. The highest BCUT2D eigenvalue weighted by atomic mass is 32.2. The summed E-state index contributed by atoms with van der Waals surface area (Å²) in [5.74, 6) is -2.47. The van der Waals surface area contributed by atoms with Crippen LogP contribution < -0.4 is 21.3 Å². The van der Waals surface area contributed by atoms with Gasteiger partial charge in [-0.25, -0.2) is 0 Å². The van der Waals surface area contributed by atoms with Gasteiger partial charge in [-0.05, 0) is 32.0 Å². The second kappa shape index (κ2) is 16.2. The van der Waals surface area contributed by atoms with Gasteiger partial charge in [0.05, 0.1) is 18.5 Å². The van der Waals surface area contributed by atoms with Crippen LogP contribution in [0.2, 0.25) is 0 Å². The number of carbonyl (C=O) groups is 5. The van der Waals surface area contributed by atoms with E-state index in [0.717, 1.165) is 5.56 Å². The molecule has 0 aliphatic rings. The van der Waals surface area contributed by atoms with Crippen LogP contribution in [0.3, 0.4) is 0 Å². The summed E-state index contributed by atoms with van der Waals surface area (Å²) >= 11 is 2.73. The lowest BCUT2D eigenvalue weighted by Crippen LogP contribution is -2.58. The lowest BCUT2D eigenvalue weighted by molar-refractivity contribution is -0.140. The first-order valence-corrected chi connectivity index (χ1v) is 13.7. The first-order chi connectivity index (χ1) is 16.6. The molecule has 35 heavy (non-hydrogen) atoms. The number of likely N-dealkylation sites (N-methyl/N-ethyl adjacent to an activating group) is 1. The normalized spacial score (nSPS) is 14.2. The van der Waals surface area contributed by atoms with Crippen molar-refractivity contribution in [2.24, 2.45) is 0 Å². The zero-order valence-electron chi connectivity index (χ0n) is 20.3. The van der Waals surface area contributed by atoms with Crippen LogP contribution in [-0.4, -0.2) is 89.8 Å². The molecular weight excluding hydrogens is 492 g/mol. The summed E-state index contributed by atoms with van der Waals surface area (Å²) < 4.78 is 0. The minimum Gasteiger partial charge on any atom is -0.481 e. The summed E-state index contributed by atoms with van der Waals surface area (Å²) in [6, 6.07) is 5.41. The number of Topliss-reactive ketones (excluding diaryl/α,β-unsaturated/α-hetero) is 1. The van der Waals surface area contributed by atoms with Crippen molar-refractivity contribution in [1.29, 1.82) is 0 Å². The van der Waals surface area contributed by atoms with Crippen molar-refractivity contribution >= 4 is 53.0 Å². The number of ketones is 1. The average Bonchev–Trinajstić information content (AvgIpc) is 2.81. The number of thioether (sulfide) groups is 2. The molecule has 0 radical (unpaired) electrons. The van der Waals surface area contributed by atoms with Gasteiger partial charge in [0.2, 0.25) is 17.7 Å². The van der Waals surface area contributed by atoms with E-state index in [2.05, 4.69) is 21.3 Å². The van der Waals surface area contributed by atoms with E-state index >= 15 is 0 Å². The molecule has 1 rings (SSSR count).